The standard InChI is InChI=1S/C16H27N3O2/c1-4-17-16(18-11-8-13-20-3)19(2)12-14-21-15-9-6-5-7-10-15/h5-7,9-10H,4,8,11-14H2,1-3H3,(H,17,18). The molecular weight excluding hydrogens is 266 g/mol. The molecule has 1 N–H and O–H groups in total. The quantitative estimate of drug-likeness (QED) is 0.430. The number of ether oxygens (including phenoxy) is 2. The first-order valence-corrected chi connectivity index (χ1v) is 7.44. The predicted octanol–water partition coefficient (Wildman–Crippen LogP) is 2.00. The monoisotopic (exact) mass is 293 g/mol. The van der Waals surface area contributed by atoms with E-state index in [9.17, 15) is 0 Å². The van der Waals surface area contributed by atoms with Crippen molar-refractivity contribution in [1.29, 1.82) is 0 Å². The van der Waals surface area contributed by atoms with Crippen LogP contribution in [0.25, 0.3) is 0 Å². The van der Waals surface area contributed by atoms with E-state index in [2.05, 4.69) is 22.1 Å². The summed E-state index contributed by atoms with van der Waals surface area (Å²) in [5.74, 6) is 1.80. The highest BCUT2D eigenvalue weighted by molar-refractivity contribution is 5.79. The number of methoxy groups -OCH3 is 1. The summed E-state index contributed by atoms with van der Waals surface area (Å²) in [4.78, 5) is 6.66. The number of nitrogens with zero attached hydrogens (tertiary/aromatic N) is 2. The van der Waals surface area contributed by atoms with E-state index in [1.54, 1.807) is 7.11 Å². The molecule has 0 spiro atoms. The Labute approximate surface area is 128 Å². The Bertz CT molecular complexity index is 396. The Kier molecular flexibility index (Phi) is 9.04. The first kappa shape index (κ1) is 17.3. The number of nitrogens with one attached hydrogen (secondary N) is 1. The van der Waals surface area contributed by atoms with Gasteiger partial charge >= 0.3 is 0 Å². The largest absolute Gasteiger partial charge is 0.492 e. The molecule has 0 fully saturated rings. The van der Waals surface area contributed by atoms with Gasteiger partial charge in [0.2, 0.25) is 0 Å². The predicted molar refractivity (Wildman–Crippen MR) is 87.0 cm³/mol. The fourth-order valence-corrected chi connectivity index (χ4v) is 1.79. The SMILES string of the molecule is CCNC(=NCCCOC)N(C)CCOc1ccccc1. The van der Waals surface area contributed by atoms with Gasteiger partial charge in [-0.15, -0.1) is 0 Å². The molecule has 5 heteroatoms. The molecule has 0 amide bonds. The lowest BCUT2D eigenvalue weighted by Gasteiger charge is -2.22. The van der Waals surface area contributed by atoms with Crippen LogP contribution in [0.5, 0.6) is 5.75 Å². The van der Waals surface area contributed by atoms with Crippen molar-refractivity contribution in [1.82, 2.24) is 10.2 Å². The van der Waals surface area contributed by atoms with Crippen LogP contribution >= 0.6 is 0 Å². The zero-order valence-electron chi connectivity index (χ0n) is 13.3. The molecule has 0 aliphatic carbocycles. The van der Waals surface area contributed by atoms with Crippen LogP contribution in [0.3, 0.4) is 0 Å². The van der Waals surface area contributed by atoms with Crippen LogP contribution in [-0.2, 0) is 4.74 Å². The van der Waals surface area contributed by atoms with E-state index in [4.69, 9.17) is 9.47 Å². The van der Waals surface area contributed by atoms with Gasteiger partial charge in [-0.25, -0.2) is 0 Å². The minimum absolute atomic E-state index is 0.628. The lowest BCUT2D eigenvalue weighted by atomic mass is 10.3. The molecule has 0 heterocycles. The number of aliphatic imine (C=N–C) groups is 1. The summed E-state index contributed by atoms with van der Waals surface area (Å²) in [5, 5.41) is 3.29. The third kappa shape index (κ3) is 7.56. The van der Waals surface area contributed by atoms with Crippen molar-refractivity contribution in [3.8, 4) is 5.75 Å². The molecule has 0 aromatic heterocycles. The zero-order valence-corrected chi connectivity index (χ0v) is 13.3. The van der Waals surface area contributed by atoms with Crippen molar-refractivity contribution in [2.45, 2.75) is 13.3 Å². The fourth-order valence-electron chi connectivity index (χ4n) is 1.79. The van der Waals surface area contributed by atoms with Crippen LogP contribution < -0.4 is 10.1 Å². The van der Waals surface area contributed by atoms with Gasteiger partial charge in [0, 0.05) is 33.9 Å². The zero-order chi connectivity index (χ0) is 15.3. The van der Waals surface area contributed by atoms with Crippen molar-refractivity contribution in [3.05, 3.63) is 30.3 Å². The molecule has 1 aromatic rings. The van der Waals surface area contributed by atoms with Gasteiger partial charge < -0.3 is 19.7 Å². The van der Waals surface area contributed by atoms with Gasteiger partial charge in [-0.3, -0.25) is 4.99 Å². The molecule has 5 nitrogen and oxygen atoms in total. The number of para-hydroxylation sites is 1. The summed E-state index contributed by atoms with van der Waals surface area (Å²) < 4.78 is 10.7. The van der Waals surface area contributed by atoms with E-state index in [1.165, 1.54) is 0 Å². The van der Waals surface area contributed by atoms with Crippen molar-refractivity contribution in [2.75, 3.05) is 47.0 Å². The first-order valence-electron chi connectivity index (χ1n) is 7.44. The Morgan fingerprint density at radius 1 is 1.24 bits per heavy atom. The minimum Gasteiger partial charge on any atom is -0.492 e. The molecular formula is C16H27N3O2. The van der Waals surface area contributed by atoms with Gasteiger partial charge in [-0.2, -0.15) is 0 Å². The van der Waals surface area contributed by atoms with Gasteiger partial charge in [0.05, 0.1) is 6.54 Å². The Balaban J connectivity index is 2.35. The number of rotatable bonds is 9. The Morgan fingerprint density at radius 2 is 2.00 bits per heavy atom. The van der Waals surface area contributed by atoms with Crippen molar-refractivity contribution in [2.24, 2.45) is 4.99 Å². The lowest BCUT2D eigenvalue weighted by molar-refractivity contribution is 0.197. The molecule has 21 heavy (non-hydrogen) atoms. The highest BCUT2D eigenvalue weighted by Gasteiger charge is 2.05. The summed E-state index contributed by atoms with van der Waals surface area (Å²) in [6.07, 6.45) is 0.930. The summed E-state index contributed by atoms with van der Waals surface area (Å²) in [7, 11) is 3.73. The molecule has 1 aromatic carbocycles. The number of benzene rings is 1. The third-order valence-corrected chi connectivity index (χ3v) is 2.90. The Hall–Kier alpha value is -1.75. The second kappa shape index (κ2) is 11.0. The third-order valence-electron chi connectivity index (χ3n) is 2.90. The first-order chi connectivity index (χ1) is 10.3. The maximum absolute atomic E-state index is 5.70. The van der Waals surface area contributed by atoms with Crippen LogP contribution in [-0.4, -0.2) is 57.9 Å². The van der Waals surface area contributed by atoms with Gasteiger partial charge in [-0.05, 0) is 25.5 Å². The number of hydrogen-bond acceptors (Lipinski definition) is 3. The summed E-state index contributed by atoms with van der Waals surface area (Å²) >= 11 is 0. The van der Waals surface area contributed by atoms with Crippen molar-refractivity contribution in [3.63, 3.8) is 0 Å². The maximum Gasteiger partial charge on any atom is 0.193 e. The molecule has 118 valence electrons. The van der Waals surface area contributed by atoms with E-state index in [1.807, 2.05) is 37.4 Å². The van der Waals surface area contributed by atoms with Crippen LogP contribution in [0.2, 0.25) is 0 Å². The highest BCUT2D eigenvalue weighted by atomic mass is 16.5. The molecule has 0 aliphatic rings. The van der Waals surface area contributed by atoms with Crippen LogP contribution in [0.1, 0.15) is 13.3 Å². The van der Waals surface area contributed by atoms with E-state index < -0.39 is 0 Å². The van der Waals surface area contributed by atoms with Crippen molar-refractivity contribution < 1.29 is 9.47 Å². The van der Waals surface area contributed by atoms with Gasteiger partial charge in [0.1, 0.15) is 12.4 Å². The number of hydrogen-bond donors (Lipinski definition) is 1. The van der Waals surface area contributed by atoms with Gasteiger partial charge in [0.25, 0.3) is 0 Å². The molecule has 1 rings (SSSR count). The molecule has 0 radical (unpaired) electrons. The van der Waals surface area contributed by atoms with E-state index >= 15 is 0 Å². The molecule has 0 atom stereocenters. The van der Waals surface area contributed by atoms with E-state index in [0.717, 1.165) is 44.4 Å². The molecule has 0 unspecified atom stereocenters. The molecule has 0 saturated carbocycles. The molecule has 0 saturated heterocycles. The number of guanidine groups is 1. The fraction of sp³-hybridized carbons (Fsp3) is 0.562. The van der Waals surface area contributed by atoms with Gasteiger partial charge in [-0.1, -0.05) is 18.2 Å². The average molecular weight is 293 g/mol. The van der Waals surface area contributed by atoms with Crippen LogP contribution in [0.15, 0.2) is 35.3 Å². The smallest absolute Gasteiger partial charge is 0.193 e. The normalized spacial score (nSPS) is 11.3. The minimum atomic E-state index is 0.628. The Morgan fingerprint density at radius 3 is 2.67 bits per heavy atom. The second-order valence-corrected chi connectivity index (χ2v) is 4.67. The van der Waals surface area contributed by atoms with Crippen molar-refractivity contribution >= 4 is 5.96 Å². The van der Waals surface area contributed by atoms with Gasteiger partial charge in [0.15, 0.2) is 5.96 Å². The highest BCUT2D eigenvalue weighted by Crippen LogP contribution is 2.07. The summed E-state index contributed by atoms with van der Waals surface area (Å²) in [6, 6.07) is 9.85. The molecule has 0 aliphatic heterocycles. The summed E-state index contributed by atoms with van der Waals surface area (Å²) in [5.41, 5.74) is 0. The lowest BCUT2D eigenvalue weighted by Crippen LogP contribution is -2.41. The molecule has 0 bridgehead atoms. The number of likely N-dealkylation sites (N-methyl/N-ethyl adjacent to an activating group) is 1. The van der Waals surface area contributed by atoms with Crippen LogP contribution in [0.4, 0.5) is 0 Å². The van der Waals surface area contributed by atoms with E-state index in [0.29, 0.717) is 6.61 Å². The topological polar surface area (TPSA) is 46.1 Å². The second-order valence-electron chi connectivity index (χ2n) is 4.67. The summed E-state index contributed by atoms with van der Waals surface area (Å²) in [6.45, 7) is 5.84. The average Bonchev–Trinajstić information content (AvgIpc) is 2.51. The van der Waals surface area contributed by atoms with Crippen LogP contribution in [0, 0.1) is 0 Å². The maximum atomic E-state index is 5.70. The van der Waals surface area contributed by atoms with E-state index in [-0.39, 0.29) is 0 Å².